The SMILES string of the molecule is CC(O)OC1CCCC1. The predicted octanol–water partition coefficient (Wildman–Crippen LogP) is 1.28. The molecular formula is C7H14O2. The van der Waals surface area contributed by atoms with Crippen molar-refractivity contribution in [1.82, 2.24) is 0 Å². The molecule has 1 fully saturated rings. The molecule has 54 valence electrons. The molecule has 0 radical (unpaired) electrons. The lowest BCUT2D eigenvalue weighted by Crippen LogP contribution is -2.15. The summed E-state index contributed by atoms with van der Waals surface area (Å²) in [6.45, 7) is 1.66. The van der Waals surface area contributed by atoms with Crippen molar-refractivity contribution in [3.63, 3.8) is 0 Å². The summed E-state index contributed by atoms with van der Waals surface area (Å²) >= 11 is 0. The fraction of sp³-hybridized carbons (Fsp3) is 1.00. The van der Waals surface area contributed by atoms with Gasteiger partial charge in [0.25, 0.3) is 0 Å². The van der Waals surface area contributed by atoms with Gasteiger partial charge in [-0.1, -0.05) is 12.8 Å². The smallest absolute Gasteiger partial charge is 0.152 e. The van der Waals surface area contributed by atoms with Gasteiger partial charge in [-0.3, -0.25) is 0 Å². The molecule has 1 atom stereocenters. The maximum atomic E-state index is 8.79. The summed E-state index contributed by atoms with van der Waals surface area (Å²) < 4.78 is 5.17. The van der Waals surface area contributed by atoms with Crippen LogP contribution in [0.3, 0.4) is 0 Å². The Bertz CT molecular complexity index is 75.0. The van der Waals surface area contributed by atoms with Crippen molar-refractivity contribution in [1.29, 1.82) is 0 Å². The number of rotatable bonds is 2. The molecule has 0 aromatic carbocycles. The highest BCUT2D eigenvalue weighted by molar-refractivity contribution is 4.66. The van der Waals surface area contributed by atoms with Crippen LogP contribution in [0.2, 0.25) is 0 Å². The third-order valence-corrected chi connectivity index (χ3v) is 1.69. The van der Waals surface area contributed by atoms with Gasteiger partial charge in [-0.15, -0.1) is 0 Å². The van der Waals surface area contributed by atoms with Gasteiger partial charge >= 0.3 is 0 Å². The van der Waals surface area contributed by atoms with Crippen LogP contribution >= 0.6 is 0 Å². The van der Waals surface area contributed by atoms with E-state index < -0.39 is 6.29 Å². The van der Waals surface area contributed by atoms with E-state index in [0.717, 1.165) is 12.8 Å². The van der Waals surface area contributed by atoms with Gasteiger partial charge in [-0.25, -0.2) is 0 Å². The lowest BCUT2D eigenvalue weighted by atomic mass is 10.3. The zero-order valence-corrected chi connectivity index (χ0v) is 5.84. The molecule has 0 saturated heterocycles. The molecular weight excluding hydrogens is 116 g/mol. The first-order valence-corrected chi connectivity index (χ1v) is 3.62. The molecule has 0 aromatic heterocycles. The fourth-order valence-corrected chi connectivity index (χ4v) is 1.30. The zero-order chi connectivity index (χ0) is 6.69. The first kappa shape index (κ1) is 7.03. The summed E-state index contributed by atoms with van der Waals surface area (Å²) in [5.41, 5.74) is 0. The van der Waals surface area contributed by atoms with Crippen molar-refractivity contribution in [2.24, 2.45) is 0 Å². The molecule has 9 heavy (non-hydrogen) atoms. The Kier molecular flexibility index (Phi) is 2.49. The van der Waals surface area contributed by atoms with E-state index in [1.807, 2.05) is 0 Å². The van der Waals surface area contributed by atoms with E-state index in [2.05, 4.69) is 0 Å². The minimum absolute atomic E-state index is 0.338. The van der Waals surface area contributed by atoms with Crippen LogP contribution in [0.1, 0.15) is 32.6 Å². The van der Waals surface area contributed by atoms with Crippen molar-refractivity contribution >= 4 is 0 Å². The van der Waals surface area contributed by atoms with E-state index >= 15 is 0 Å². The highest BCUT2D eigenvalue weighted by atomic mass is 16.6. The molecule has 1 aliphatic carbocycles. The third kappa shape index (κ3) is 2.33. The summed E-state index contributed by atoms with van der Waals surface area (Å²) in [7, 11) is 0. The van der Waals surface area contributed by atoms with Crippen molar-refractivity contribution in [3.05, 3.63) is 0 Å². The standard InChI is InChI=1S/C7H14O2/c1-6(8)9-7-4-2-3-5-7/h6-8H,2-5H2,1H3. The lowest BCUT2D eigenvalue weighted by molar-refractivity contribution is -0.121. The van der Waals surface area contributed by atoms with Crippen LogP contribution in [-0.4, -0.2) is 17.5 Å². The molecule has 0 heterocycles. The minimum Gasteiger partial charge on any atom is -0.368 e. The highest BCUT2D eigenvalue weighted by Crippen LogP contribution is 2.21. The van der Waals surface area contributed by atoms with Crippen molar-refractivity contribution in [3.8, 4) is 0 Å². The maximum absolute atomic E-state index is 8.79. The Morgan fingerprint density at radius 3 is 2.44 bits per heavy atom. The molecule has 1 unspecified atom stereocenters. The fourth-order valence-electron chi connectivity index (χ4n) is 1.30. The quantitative estimate of drug-likeness (QED) is 0.571. The average Bonchev–Trinajstić information content (AvgIpc) is 2.15. The van der Waals surface area contributed by atoms with Crippen LogP contribution in [-0.2, 0) is 4.74 Å². The Morgan fingerprint density at radius 2 is 2.00 bits per heavy atom. The summed E-state index contributed by atoms with van der Waals surface area (Å²) in [6.07, 6.45) is 4.54. The third-order valence-electron chi connectivity index (χ3n) is 1.69. The van der Waals surface area contributed by atoms with Crippen LogP contribution in [0.25, 0.3) is 0 Å². The van der Waals surface area contributed by atoms with E-state index in [9.17, 15) is 0 Å². The average molecular weight is 130 g/mol. The summed E-state index contributed by atoms with van der Waals surface area (Å²) in [5.74, 6) is 0. The second-order valence-electron chi connectivity index (χ2n) is 2.64. The van der Waals surface area contributed by atoms with Crippen molar-refractivity contribution < 1.29 is 9.84 Å². The summed E-state index contributed by atoms with van der Waals surface area (Å²) in [5, 5.41) is 8.79. The van der Waals surface area contributed by atoms with Gasteiger partial charge in [-0.2, -0.15) is 0 Å². The van der Waals surface area contributed by atoms with Crippen LogP contribution < -0.4 is 0 Å². The summed E-state index contributed by atoms with van der Waals surface area (Å²) in [6, 6.07) is 0. The molecule has 2 nitrogen and oxygen atoms in total. The van der Waals surface area contributed by atoms with Gasteiger partial charge in [0, 0.05) is 0 Å². The Morgan fingerprint density at radius 1 is 1.44 bits per heavy atom. The van der Waals surface area contributed by atoms with Crippen LogP contribution in [0.5, 0.6) is 0 Å². The highest BCUT2D eigenvalue weighted by Gasteiger charge is 2.16. The molecule has 1 saturated carbocycles. The monoisotopic (exact) mass is 130 g/mol. The number of hydrogen-bond donors (Lipinski definition) is 1. The van der Waals surface area contributed by atoms with Crippen molar-refractivity contribution in [2.75, 3.05) is 0 Å². The lowest BCUT2D eigenvalue weighted by Gasteiger charge is -2.12. The number of hydrogen-bond acceptors (Lipinski definition) is 2. The normalized spacial score (nSPS) is 24.7. The van der Waals surface area contributed by atoms with Crippen LogP contribution in [0.4, 0.5) is 0 Å². The van der Waals surface area contributed by atoms with Gasteiger partial charge in [-0.05, 0) is 19.8 Å². The van der Waals surface area contributed by atoms with E-state index in [-0.39, 0.29) is 0 Å². The zero-order valence-electron chi connectivity index (χ0n) is 5.84. The Labute approximate surface area is 55.8 Å². The van der Waals surface area contributed by atoms with Crippen LogP contribution in [0, 0.1) is 0 Å². The van der Waals surface area contributed by atoms with Gasteiger partial charge in [0.05, 0.1) is 6.10 Å². The number of aliphatic hydroxyl groups is 1. The topological polar surface area (TPSA) is 29.5 Å². The van der Waals surface area contributed by atoms with E-state index in [1.165, 1.54) is 12.8 Å². The minimum atomic E-state index is -0.576. The first-order valence-electron chi connectivity index (χ1n) is 3.62. The van der Waals surface area contributed by atoms with Gasteiger partial charge in [0.2, 0.25) is 0 Å². The van der Waals surface area contributed by atoms with E-state index in [1.54, 1.807) is 6.92 Å². The number of ether oxygens (including phenoxy) is 1. The molecule has 1 aliphatic rings. The second-order valence-corrected chi connectivity index (χ2v) is 2.64. The first-order chi connectivity index (χ1) is 4.29. The van der Waals surface area contributed by atoms with E-state index in [0.29, 0.717) is 6.10 Å². The van der Waals surface area contributed by atoms with Gasteiger partial charge < -0.3 is 9.84 Å². The maximum Gasteiger partial charge on any atom is 0.152 e. The molecule has 2 heteroatoms. The Balaban J connectivity index is 2.11. The second kappa shape index (κ2) is 3.18. The molecule has 1 rings (SSSR count). The van der Waals surface area contributed by atoms with Gasteiger partial charge in [0.15, 0.2) is 6.29 Å². The summed E-state index contributed by atoms with van der Waals surface area (Å²) in [4.78, 5) is 0. The van der Waals surface area contributed by atoms with Crippen molar-refractivity contribution in [2.45, 2.75) is 45.0 Å². The number of aliphatic hydroxyl groups excluding tert-OH is 1. The molecule has 1 N–H and O–H groups in total. The molecule has 0 aliphatic heterocycles. The Hall–Kier alpha value is -0.0800. The van der Waals surface area contributed by atoms with Crippen LogP contribution in [0.15, 0.2) is 0 Å². The largest absolute Gasteiger partial charge is 0.368 e. The predicted molar refractivity (Wildman–Crippen MR) is 35.0 cm³/mol. The molecule has 0 spiro atoms. The van der Waals surface area contributed by atoms with Gasteiger partial charge in [0.1, 0.15) is 0 Å². The molecule has 0 amide bonds. The molecule has 0 aromatic rings. The molecule has 0 bridgehead atoms. The van der Waals surface area contributed by atoms with E-state index in [4.69, 9.17) is 9.84 Å².